The Kier molecular flexibility index (Phi) is 9.08. The molecule has 0 fully saturated rings. The Labute approximate surface area is 135 Å². The van der Waals surface area contributed by atoms with Crippen molar-refractivity contribution in [3.8, 4) is 0 Å². The van der Waals surface area contributed by atoms with Gasteiger partial charge in [-0.2, -0.15) is 0 Å². The highest BCUT2D eigenvalue weighted by Crippen LogP contribution is 2.18. The number of carbonyl (C=O) groups is 2. The first-order valence-corrected chi connectivity index (χ1v) is 7.63. The zero-order valence-electron chi connectivity index (χ0n) is 12.4. The topological polar surface area (TPSA) is 84.2 Å². The Morgan fingerprint density at radius 1 is 1.33 bits per heavy atom. The van der Waals surface area contributed by atoms with E-state index in [0.717, 1.165) is 4.90 Å². The third-order valence-electron chi connectivity index (χ3n) is 2.80. The van der Waals surface area contributed by atoms with E-state index >= 15 is 0 Å². The van der Waals surface area contributed by atoms with Crippen molar-refractivity contribution in [3.05, 3.63) is 24.3 Å². The van der Waals surface area contributed by atoms with Gasteiger partial charge in [0.2, 0.25) is 11.8 Å². The number of benzene rings is 1. The first kappa shape index (κ1) is 19.8. The molecule has 0 saturated heterocycles. The average Bonchev–Trinajstić information content (AvgIpc) is 2.43. The molecule has 0 bridgehead atoms. The molecular weight excluding hydrogens is 310 g/mol. The van der Waals surface area contributed by atoms with Gasteiger partial charge in [0.05, 0.1) is 12.6 Å². The summed E-state index contributed by atoms with van der Waals surface area (Å²) >= 11 is 1.60. The van der Waals surface area contributed by atoms with Crippen molar-refractivity contribution in [1.82, 2.24) is 5.32 Å². The van der Waals surface area contributed by atoms with Crippen LogP contribution in [0.3, 0.4) is 0 Å². The maximum Gasteiger partial charge on any atom is 0.243 e. The Morgan fingerprint density at radius 2 is 2.00 bits per heavy atom. The van der Waals surface area contributed by atoms with E-state index in [2.05, 4.69) is 10.6 Å². The van der Waals surface area contributed by atoms with E-state index in [1.54, 1.807) is 17.8 Å². The second-order valence-electron chi connectivity index (χ2n) is 4.77. The second-order valence-corrected chi connectivity index (χ2v) is 5.65. The van der Waals surface area contributed by atoms with Crippen molar-refractivity contribution in [2.45, 2.75) is 24.8 Å². The van der Waals surface area contributed by atoms with E-state index in [1.807, 2.05) is 38.3 Å². The molecule has 5 nitrogen and oxygen atoms in total. The van der Waals surface area contributed by atoms with E-state index in [1.165, 1.54) is 0 Å². The average molecular weight is 332 g/mol. The summed E-state index contributed by atoms with van der Waals surface area (Å²) in [5, 5.41) is 5.26. The number of rotatable bonds is 6. The summed E-state index contributed by atoms with van der Waals surface area (Å²) < 4.78 is 0. The molecule has 1 aromatic rings. The van der Waals surface area contributed by atoms with Gasteiger partial charge in [-0.3, -0.25) is 9.59 Å². The Morgan fingerprint density at radius 3 is 2.57 bits per heavy atom. The lowest BCUT2D eigenvalue weighted by molar-refractivity contribution is -0.125. The largest absolute Gasteiger partial charge is 0.346 e. The van der Waals surface area contributed by atoms with E-state index in [-0.39, 0.29) is 36.7 Å². The number of carbonyl (C=O) groups excluding carboxylic acids is 2. The number of hydrogen-bond acceptors (Lipinski definition) is 4. The first-order valence-electron chi connectivity index (χ1n) is 6.41. The number of hydrogen-bond donors (Lipinski definition) is 3. The zero-order chi connectivity index (χ0) is 15.1. The van der Waals surface area contributed by atoms with Gasteiger partial charge in [0.25, 0.3) is 0 Å². The lowest BCUT2D eigenvalue weighted by Gasteiger charge is -2.15. The van der Waals surface area contributed by atoms with Gasteiger partial charge in [-0.15, -0.1) is 24.2 Å². The maximum atomic E-state index is 11.7. The number of halogens is 1. The molecule has 7 heteroatoms. The fourth-order valence-electron chi connectivity index (χ4n) is 1.49. The number of thioether (sulfide) groups is 1. The van der Waals surface area contributed by atoms with Gasteiger partial charge in [-0.1, -0.05) is 19.9 Å². The molecule has 0 aliphatic heterocycles. The Hall–Kier alpha value is -1.24. The van der Waals surface area contributed by atoms with Crippen LogP contribution >= 0.6 is 24.2 Å². The Balaban J connectivity index is 0.00000400. The summed E-state index contributed by atoms with van der Waals surface area (Å²) in [7, 11) is 0. The molecule has 118 valence electrons. The minimum atomic E-state index is -0.595. The highest BCUT2D eigenvalue weighted by molar-refractivity contribution is 7.98. The highest BCUT2D eigenvalue weighted by atomic mass is 35.5. The molecule has 2 amide bonds. The molecule has 1 atom stereocenters. The van der Waals surface area contributed by atoms with E-state index in [9.17, 15) is 9.59 Å². The SMILES string of the molecule is CSc1cccc(NC(=O)CNC(=O)[C@@H](N)C(C)C)c1.Cl. The van der Waals surface area contributed by atoms with Crippen LogP contribution in [0.2, 0.25) is 0 Å². The minimum absolute atomic E-state index is 0. The standard InChI is InChI=1S/C14H21N3O2S.ClH/c1-9(2)13(15)14(19)16-8-12(18)17-10-5-4-6-11(7-10)20-3;/h4-7,9,13H,8,15H2,1-3H3,(H,16,19)(H,17,18);1H/t13-;/m0./s1. The fraction of sp³-hybridized carbons (Fsp3) is 0.429. The van der Waals surface area contributed by atoms with Crippen LogP contribution in [-0.4, -0.2) is 30.7 Å². The van der Waals surface area contributed by atoms with Gasteiger partial charge in [-0.25, -0.2) is 0 Å². The third-order valence-corrected chi connectivity index (χ3v) is 3.52. The van der Waals surface area contributed by atoms with Crippen LogP contribution < -0.4 is 16.4 Å². The number of anilines is 1. The van der Waals surface area contributed by atoms with Crippen LogP contribution in [-0.2, 0) is 9.59 Å². The summed E-state index contributed by atoms with van der Waals surface area (Å²) in [5.74, 6) is -0.545. The monoisotopic (exact) mass is 331 g/mol. The van der Waals surface area contributed by atoms with Crippen molar-refractivity contribution in [3.63, 3.8) is 0 Å². The molecule has 1 rings (SSSR count). The van der Waals surface area contributed by atoms with Crippen molar-refractivity contribution in [2.24, 2.45) is 11.7 Å². The summed E-state index contributed by atoms with van der Waals surface area (Å²) in [6, 6.07) is 6.92. The predicted molar refractivity (Wildman–Crippen MR) is 89.9 cm³/mol. The molecule has 0 heterocycles. The number of nitrogens with two attached hydrogens (primary N) is 1. The second kappa shape index (κ2) is 9.65. The van der Waals surface area contributed by atoms with Crippen molar-refractivity contribution < 1.29 is 9.59 Å². The molecule has 0 aliphatic carbocycles. The van der Waals surface area contributed by atoms with Crippen molar-refractivity contribution >= 4 is 41.7 Å². The lowest BCUT2D eigenvalue weighted by Crippen LogP contribution is -2.46. The van der Waals surface area contributed by atoms with Crippen LogP contribution in [0.5, 0.6) is 0 Å². The van der Waals surface area contributed by atoms with Crippen LogP contribution in [0, 0.1) is 5.92 Å². The van der Waals surface area contributed by atoms with Gasteiger partial charge >= 0.3 is 0 Å². The first-order chi connectivity index (χ1) is 9.43. The van der Waals surface area contributed by atoms with E-state index < -0.39 is 6.04 Å². The molecule has 0 aliphatic rings. The van der Waals surface area contributed by atoms with Gasteiger partial charge in [0, 0.05) is 10.6 Å². The normalized spacial score (nSPS) is 11.5. The van der Waals surface area contributed by atoms with Crippen molar-refractivity contribution in [2.75, 3.05) is 18.1 Å². The van der Waals surface area contributed by atoms with Gasteiger partial charge in [0.1, 0.15) is 0 Å². The smallest absolute Gasteiger partial charge is 0.243 e. The molecular formula is C14H22ClN3O2S. The molecule has 0 radical (unpaired) electrons. The fourth-order valence-corrected chi connectivity index (χ4v) is 1.95. The zero-order valence-corrected chi connectivity index (χ0v) is 14.0. The summed E-state index contributed by atoms with van der Waals surface area (Å²) in [6.45, 7) is 3.64. The summed E-state index contributed by atoms with van der Waals surface area (Å²) in [5.41, 5.74) is 6.40. The van der Waals surface area contributed by atoms with Crippen LogP contribution in [0.25, 0.3) is 0 Å². The molecule has 4 N–H and O–H groups in total. The summed E-state index contributed by atoms with van der Waals surface area (Å²) in [4.78, 5) is 24.4. The van der Waals surface area contributed by atoms with E-state index in [4.69, 9.17) is 5.73 Å². The van der Waals surface area contributed by atoms with Gasteiger partial charge in [0.15, 0.2) is 0 Å². The van der Waals surface area contributed by atoms with Crippen LogP contribution in [0.4, 0.5) is 5.69 Å². The lowest BCUT2D eigenvalue weighted by atomic mass is 10.1. The molecule has 0 aromatic heterocycles. The molecule has 21 heavy (non-hydrogen) atoms. The predicted octanol–water partition coefficient (Wildman–Crippen LogP) is 1.87. The third kappa shape index (κ3) is 6.84. The van der Waals surface area contributed by atoms with Crippen molar-refractivity contribution in [1.29, 1.82) is 0 Å². The van der Waals surface area contributed by atoms with Gasteiger partial charge in [-0.05, 0) is 30.4 Å². The minimum Gasteiger partial charge on any atom is -0.346 e. The molecule has 1 aromatic carbocycles. The van der Waals surface area contributed by atoms with Crippen LogP contribution in [0.1, 0.15) is 13.8 Å². The Bertz CT molecular complexity index is 483. The molecule has 0 saturated carbocycles. The van der Waals surface area contributed by atoms with Crippen LogP contribution in [0.15, 0.2) is 29.2 Å². The molecule has 0 unspecified atom stereocenters. The number of nitrogens with one attached hydrogen (secondary N) is 2. The highest BCUT2D eigenvalue weighted by Gasteiger charge is 2.17. The maximum absolute atomic E-state index is 11.7. The summed E-state index contributed by atoms with van der Waals surface area (Å²) in [6.07, 6.45) is 1.97. The van der Waals surface area contributed by atoms with E-state index in [0.29, 0.717) is 5.69 Å². The number of amides is 2. The quantitative estimate of drug-likeness (QED) is 0.695. The molecule has 0 spiro atoms. The van der Waals surface area contributed by atoms with Gasteiger partial charge < -0.3 is 16.4 Å².